The van der Waals surface area contributed by atoms with Crippen molar-refractivity contribution in [3.8, 4) is 5.75 Å². The van der Waals surface area contributed by atoms with Gasteiger partial charge in [0.05, 0.1) is 52.9 Å². The summed E-state index contributed by atoms with van der Waals surface area (Å²) in [6.07, 6.45) is 3.19. The van der Waals surface area contributed by atoms with Gasteiger partial charge in [-0.05, 0) is 67.0 Å². The number of methoxy groups -OCH3 is 1. The number of carbonyl (C=O) groups is 3. The molecular weight excluding hydrogens is 576 g/mol. The van der Waals surface area contributed by atoms with Crippen LogP contribution in [0.3, 0.4) is 0 Å². The molecule has 44 heavy (non-hydrogen) atoms. The Morgan fingerprint density at radius 2 is 1.77 bits per heavy atom. The number of benzene rings is 2. The van der Waals surface area contributed by atoms with E-state index in [1.165, 1.54) is 17.0 Å². The van der Waals surface area contributed by atoms with Gasteiger partial charge in [0.1, 0.15) is 5.75 Å². The summed E-state index contributed by atoms with van der Waals surface area (Å²) in [4.78, 5) is 40.5. The summed E-state index contributed by atoms with van der Waals surface area (Å²) in [7, 11) is -0.434. The fourth-order valence-electron chi connectivity index (χ4n) is 7.60. The van der Waals surface area contributed by atoms with Crippen LogP contribution < -0.4 is 14.8 Å². The summed E-state index contributed by atoms with van der Waals surface area (Å²) in [6, 6.07) is 16.1. The molecule has 3 saturated heterocycles. The number of aryl methyl sites for hydroxylation is 1. The quantitative estimate of drug-likeness (QED) is 0.229. The van der Waals surface area contributed by atoms with Gasteiger partial charge in [-0.2, -0.15) is 0 Å². The lowest BCUT2D eigenvalue weighted by atomic mass is 9.95. The van der Waals surface area contributed by atoms with E-state index in [9.17, 15) is 19.5 Å². The standard InChI is InChI=1S/C34H46N2O7Si/c1-22-29(17-10-24-8-11-25(12-9-24)36-32(40)20-33(36)42-23(2)38)43-30(19-31(39)35-18-6-7-26(35)21-37)34(22)44(4,5)28-15-13-27(41-3)14-16-28/h8-9,11-16,22,26,29-30,33-34,37H,6-7,10,17-21H2,1-5H3/t22-,26+,29+,30-,33?,34+/m1/s1. The highest BCUT2D eigenvalue weighted by Gasteiger charge is 2.51. The summed E-state index contributed by atoms with van der Waals surface area (Å²) in [5.41, 5.74) is 2.08. The molecule has 0 radical (unpaired) electrons. The smallest absolute Gasteiger partial charge is 0.304 e. The lowest BCUT2D eigenvalue weighted by Gasteiger charge is -2.39. The van der Waals surface area contributed by atoms with Gasteiger partial charge >= 0.3 is 5.97 Å². The normalized spacial score (nSPS) is 26.9. The van der Waals surface area contributed by atoms with Crippen molar-refractivity contribution in [2.75, 3.05) is 25.2 Å². The van der Waals surface area contributed by atoms with E-state index < -0.39 is 20.3 Å². The van der Waals surface area contributed by atoms with Crippen LogP contribution in [0, 0.1) is 5.92 Å². The first-order chi connectivity index (χ1) is 21.0. The van der Waals surface area contributed by atoms with Crippen LogP contribution in [0.25, 0.3) is 0 Å². The Hall–Kier alpha value is -3.21. The van der Waals surface area contributed by atoms with Gasteiger partial charge in [-0.15, -0.1) is 0 Å². The van der Waals surface area contributed by atoms with Crippen LogP contribution in [-0.4, -0.2) is 80.6 Å². The van der Waals surface area contributed by atoms with Crippen LogP contribution in [0.4, 0.5) is 5.69 Å². The first-order valence-corrected chi connectivity index (χ1v) is 18.9. The van der Waals surface area contributed by atoms with E-state index in [2.05, 4.69) is 32.2 Å². The molecule has 3 fully saturated rings. The van der Waals surface area contributed by atoms with Crippen LogP contribution in [-0.2, 0) is 30.3 Å². The molecule has 2 amide bonds. The highest BCUT2D eigenvalue weighted by molar-refractivity contribution is 6.91. The number of likely N-dealkylation sites (tertiary alicyclic amines) is 1. The van der Waals surface area contributed by atoms with Gasteiger partial charge < -0.3 is 24.2 Å². The highest BCUT2D eigenvalue weighted by atomic mass is 28.3. The van der Waals surface area contributed by atoms with Crippen molar-refractivity contribution in [3.63, 3.8) is 0 Å². The van der Waals surface area contributed by atoms with Crippen LogP contribution in [0.1, 0.15) is 51.5 Å². The predicted molar refractivity (Wildman–Crippen MR) is 171 cm³/mol. The Kier molecular flexibility index (Phi) is 9.82. The predicted octanol–water partition coefficient (Wildman–Crippen LogP) is 4.02. The number of esters is 1. The number of amides is 2. The molecule has 238 valence electrons. The average Bonchev–Trinajstić information content (AvgIpc) is 3.60. The molecule has 6 atom stereocenters. The van der Waals surface area contributed by atoms with E-state index in [0.29, 0.717) is 13.0 Å². The number of nitrogens with zero attached hydrogens (tertiary/aromatic N) is 2. The van der Waals surface area contributed by atoms with Crippen molar-refractivity contribution in [2.45, 2.75) is 95.5 Å². The molecule has 0 aliphatic carbocycles. The zero-order valence-corrected chi connectivity index (χ0v) is 27.5. The third-order valence-electron chi connectivity index (χ3n) is 9.99. The second-order valence-corrected chi connectivity index (χ2v) is 17.7. The number of β-lactam (4-membered cyclic amide) rings is 1. The Labute approximate surface area is 261 Å². The molecule has 5 rings (SSSR count). The van der Waals surface area contributed by atoms with Crippen LogP contribution in [0.15, 0.2) is 48.5 Å². The van der Waals surface area contributed by atoms with E-state index in [-0.39, 0.29) is 54.6 Å². The van der Waals surface area contributed by atoms with Gasteiger partial charge in [0.25, 0.3) is 0 Å². The molecule has 3 aliphatic heterocycles. The fourth-order valence-corrected chi connectivity index (χ4v) is 11.7. The molecule has 9 nitrogen and oxygen atoms in total. The summed E-state index contributed by atoms with van der Waals surface area (Å²) in [5.74, 6) is 0.694. The van der Waals surface area contributed by atoms with Crippen molar-refractivity contribution in [3.05, 3.63) is 54.1 Å². The molecule has 2 aromatic carbocycles. The van der Waals surface area contributed by atoms with Crippen LogP contribution >= 0.6 is 0 Å². The topological polar surface area (TPSA) is 106 Å². The number of aliphatic hydroxyl groups is 1. The van der Waals surface area contributed by atoms with E-state index in [1.807, 2.05) is 41.3 Å². The number of rotatable bonds is 11. The third kappa shape index (κ3) is 6.57. The Bertz CT molecular complexity index is 1330. The zero-order valence-electron chi connectivity index (χ0n) is 26.5. The number of aliphatic hydroxyl groups excluding tert-OH is 1. The monoisotopic (exact) mass is 622 g/mol. The van der Waals surface area contributed by atoms with Crippen molar-refractivity contribution in [1.82, 2.24) is 4.90 Å². The van der Waals surface area contributed by atoms with Gasteiger partial charge in [0.2, 0.25) is 11.8 Å². The maximum Gasteiger partial charge on any atom is 0.304 e. The van der Waals surface area contributed by atoms with Gasteiger partial charge in [-0.25, -0.2) is 0 Å². The Morgan fingerprint density at radius 1 is 1.07 bits per heavy atom. The summed E-state index contributed by atoms with van der Waals surface area (Å²) >= 11 is 0. The first-order valence-electron chi connectivity index (χ1n) is 15.8. The molecule has 0 bridgehead atoms. The molecule has 1 N–H and O–H groups in total. The van der Waals surface area contributed by atoms with Gasteiger partial charge in [-0.1, -0.05) is 49.5 Å². The molecule has 1 unspecified atom stereocenters. The number of hydrogen-bond acceptors (Lipinski definition) is 7. The maximum atomic E-state index is 13.6. The molecule has 3 heterocycles. The highest BCUT2D eigenvalue weighted by Crippen LogP contribution is 2.47. The number of ether oxygens (including phenoxy) is 3. The van der Waals surface area contributed by atoms with E-state index >= 15 is 0 Å². The lowest BCUT2D eigenvalue weighted by molar-refractivity contribution is -0.154. The molecule has 0 spiro atoms. The third-order valence-corrected chi connectivity index (χ3v) is 14.4. The molecule has 10 heteroatoms. The van der Waals surface area contributed by atoms with Crippen molar-refractivity contribution in [1.29, 1.82) is 0 Å². The summed E-state index contributed by atoms with van der Waals surface area (Å²) in [6.45, 7) is 9.08. The van der Waals surface area contributed by atoms with Gasteiger partial charge in [-0.3, -0.25) is 19.3 Å². The van der Waals surface area contributed by atoms with Crippen molar-refractivity contribution < 1.29 is 33.7 Å². The molecule has 0 saturated carbocycles. The maximum absolute atomic E-state index is 13.6. The van der Waals surface area contributed by atoms with Crippen molar-refractivity contribution >= 4 is 36.7 Å². The minimum Gasteiger partial charge on any atom is -0.497 e. The largest absolute Gasteiger partial charge is 0.497 e. The van der Waals surface area contributed by atoms with Crippen LogP contribution in [0.5, 0.6) is 5.75 Å². The summed E-state index contributed by atoms with van der Waals surface area (Å²) < 4.78 is 17.5. The molecular formula is C34H46N2O7Si. The zero-order chi connectivity index (χ0) is 31.6. The van der Waals surface area contributed by atoms with Crippen molar-refractivity contribution in [2.24, 2.45) is 5.92 Å². The lowest BCUT2D eigenvalue weighted by Crippen LogP contribution is -2.54. The Balaban J connectivity index is 1.30. The minimum absolute atomic E-state index is 0.0000218. The minimum atomic E-state index is -2.11. The average molecular weight is 623 g/mol. The van der Waals surface area contributed by atoms with E-state index in [4.69, 9.17) is 14.2 Å². The summed E-state index contributed by atoms with van der Waals surface area (Å²) in [5, 5.41) is 11.2. The SMILES string of the molecule is COc1ccc([Si](C)(C)[C@H]2[C@H](C)[C@H](CCc3ccc(N4C(=O)CC4OC(C)=O)cc3)O[C@@H]2CC(=O)N2CCC[C@H]2CO)cc1. The van der Waals surface area contributed by atoms with E-state index in [1.54, 1.807) is 7.11 Å². The number of carbonyl (C=O) groups excluding carboxylic acids is 3. The Morgan fingerprint density at radius 3 is 2.39 bits per heavy atom. The van der Waals surface area contributed by atoms with E-state index in [0.717, 1.165) is 42.7 Å². The van der Waals surface area contributed by atoms with Crippen LogP contribution in [0.2, 0.25) is 18.6 Å². The fraction of sp³-hybridized carbons (Fsp3) is 0.559. The second kappa shape index (κ2) is 13.4. The molecule has 2 aromatic rings. The number of hydrogen-bond donors (Lipinski definition) is 1. The van der Waals surface area contributed by atoms with Gasteiger partial charge in [0.15, 0.2) is 6.23 Å². The molecule has 0 aromatic heterocycles. The second-order valence-electron chi connectivity index (χ2n) is 13.1. The number of anilines is 1. The molecule has 3 aliphatic rings. The van der Waals surface area contributed by atoms with Gasteiger partial charge in [0, 0.05) is 19.2 Å². The first kappa shape index (κ1) is 32.2.